The Hall–Kier alpha value is -1.65. The number of carboxylic acids is 1. The molecule has 1 fully saturated rings. The SMILES string of the molecule is CC1CC(C)CC(Nc2cnc(C(=O)O)cn2)C1. The summed E-state index contributed by atoms with van der Waals surface area (Å²) in [5, 5.41) is 12.1. The summed E-state index contributed by atoms with van der Waals surface area (Å²) < 4.78 is 0. The van der Waals surface area contributed by atoms with E-state index in [1.165, 1.54) is 18.8 Å². The summed E-state index contributed by atoms with van der Waals surface area (Å²) in [5.41, 5.74) is -0.0223. The molecule has 2 rings (SSSR count). The molecule has 0 aliphatic heterocycles. The molecule has 0 aromatic carbocycles. The fraction of sp³-hybridized carbons (Fsp3) is 0.615. The first-order valence-corrected chi connectivity index (χ1v) is 6.36. The van der Waals surface area contributed by atoms with Crippen LogP contribution in [0, 0.1) is 11.8 Å². The van der Waals surface area contributed by atoms with Crippen LogP contribution in [0.1, 0.15) is 43.6 Å². The molecule has 2 unspecified atom stereocenters. The Labute approximate surface area is 107 Å². The Morgan fingerprint density at radius 2 is 1.89 bits per heavy atom. The molecule has 2 N–H and O–H groups in total. The van der Waals surface area contributed by atoms with Crippen LogP contribution in [0.5, 0.6) is 0 Å². The lowest BCUT2D eigenvalue weighted by Crippen LogP contribution is -2.30. The summed E-state index contributed by atoms with van der Waals surface area (Å²) in [4.78, 5) is 18.6. The number of carboxylic acid groups (broad SMARTS) is 1. The molecule has 1 aliphatic rings. The molecule has 2 atom stereocenters. The first kappa shape index (κ1) is 12.8. The van der Waals surface area contributed by atoms with Crippen LogP contribution in [-0.4, -0.2) is 27.1 Å². The zero-order chi connectivity index (χ0) is 13.1. The first-order valence-electron chi connectivity index (χ1n) is 6.36. The van der Waals surface area contributed by atoms with Crippen molar-refractivity contribution in [2.75, 3.05) is 5.32 Å². The fourth-order valence-electron chi connectivity index (χ4n) is 2.79. The number of nitrogens with zero attached hydrogens (tertiary/aromatic N) is 2. The molecular weight excluding hydrogens is 230 g/mol. The van der Waals surface area contributed by atoms with Crippen molar-refractivity contribution in [1.82, 2.24) is 9.97 Å². The van der Waals surface area contributed by atoms with Crippen molar-refractivity contribution in [1.29, 1.82) is 0 Å². The van der Waals surface area contributed by atoms with E-state index >= 15 is 0 Å². The maximum absolute atomic E-state index is 10.7. The van der Waals surface area contributed by atoms with Crippen molar-refractivity contribution >= 4 is 11.8 Å². The molecular formula is C13H19N3O2. The Kier molecular flexibility index (Phi) is 3.79. The molecule has 1 aromatic rings. The molecule has 18 heavy (non-hydrogen) atoms. The number of aromatic carboxylic acids is 1. The number of anilines is 1. The highest BCUT2D eigenvalue weighted by Crippen LogP contribution is 2.29. The van der Waals surface area contributed by atoms with Gasteiger partial charge in [0.15, 0.2) is 5.69 Å². The third kappa shape index (κ3) is 3.18. The Morgan fingerprint density at radius 1 is 1.22 bits per heavy atom. The molecule has 0 spiro atoms. The Bertz CT molecular complexity index is 409. The van der Waals surface area contributed by atoms with E-state index in [9.17, 15) is 4.79 Å². The highest BCUT2D eigenvalue weighted by Gasteiger charge is 2.24. The Morgan fingerprint density at radius 3 is 2.39 bits per heavy atom. The van der Waals surface area contributed by atoms with Crippen LogP contribution in [-0.2, 0) is 0 Å². The van der Waals surface area contributed by atoms with Crippen molar-refractivity contribution in [2.45, 2.75) is 39.2 Å². The van der Waals surface area contributed by atoms with E-state index in [2.05, 4.69) is 29.1 Å². The van der Waals surface area contributed by atoms with Crippen LogP contribution < -0.4 is 5.32 Å². The molecule has 0 amide bonds. The van der Waals surface area contributed by atoms with E-state index < -0.39 is 5.97 Å². The van der Waals surface area contributed by atoms with Crippen LogP contribution in [0.3, 0.4) is 0 Å². The summed E-state index contributed by atoms with van der Waals surface area (Å²) >= 11 is 0. The van der Waals surface area contributed by atoms with E-state index in [-0.39, 0.29) is 5.69 Å². The molecule has 1 aromatic heterocycles. The van der Waals surface area contributed by atoms with Gasteiger partial charge >= 0.3 is 5.97 Å². The van der Waals surface area contributed by atoms with Crippen LogP contribution >= 0.6 is 0 Å². The Balaban J connectivity index is 1.98. The fourth-order valence-corrected chi connectivity index (χ4v) is 2.79. The van der Waals surface area contributed by atoms with Gasteiger partial charge in [0, 0.05) is 6.04 Å². The highest BCUT2D eigenvalue weighted by atomic mass is 16.4. The lowest BCUT2D eigenvalue weighted by atomic mass is 9.80. The van der Waals surface area contributed by atoms with Crippen molar-refractivity contribution in [2.24, 2.45) is 11.8 Å². The van der Waals surface area contributed by atoms with Crippen LogP contribution in [0.25, 0.3) is 0 Å². The minimum Gasteiger partial charge on any atom is -0.476 e. The summed E-state index contributed by atoms with van der Waals surface area (Å²) in [6.07, 6.45) is 6.33. The van der Waals surface area contributed by atoms with Crippen LogP contribution in [0.15, 0.2) is 12.4 Å². The lowest BCUT2D eigenvalue weighted by Gasteiger charge is -2.32. The first-order chi connectivity index (χ1) is 8.54. The maximum Gasteiger partial charge on any atom is 0.356 e. The lowest BCUT2D eigenvalue weighted by molar-refractivity contribution is 0.0690. The van der Waals surface area contributed by atoms with E-state index in [4.69, 9.17) is 5.11 Å². The van der Waals surface area contributed by atoms with Crippen molar-refractivity contribution in [3.05, 3.63) is 18.1 Å². The van der Waals surface area contributed by atoms with Gasteiger partial charge in [-0.2, -0.15) is 0 Å². The largest absolute Gasteiger partial charge is 0.476 e. The second kappa shape index (κ2) is 5.33. The van der Waals surface area contributed by atoms with Crippen LogP contribution in [0.4, 0.5) is 5.82 Å². The molecule has 1 saturated carbocycles. The number of aromatic nitrogens is 2. The molecule has 5 heteroatoms. The predicted molar refractivity (Wildman–Crippen MR) is 68.6 cm³/mol. The quantitative estimate of drug-likeness (QED) is 0.860. The molecule has 5 nitrogen and oxygen atoms in total. The summed E-state index contributed by atoms with van der Waals surface area (Å²) in [6, 6.07) is 0.411. The third-order valence-corrected chi connectivity index (χ3v) is 3.40. The van der Waals surface area contributed by atoms with Gasteiger partial charge in [-0.15, -0.1) is 0 Å². The third-order valence-electron chi connectivity index (χ3n) is 3.40. The van der Waals surface area contributed by atoms with E-state index in [0.717, 1.165) is 24.7 Å². The van der Waals surface area contributed by atoms with Crippen molar-refractivity contribution in [3.63, 3.8) is 0 Å². The maximum atomic E-state index is 10.7. The molecule has 1 heterocycles. The van der Waals surface area contributed by atoms with Gasteiger partial charge < -0.3 is 10.4 Å². The smallest absolute Gasteiger partial charge is 0.356 e. The number of hydrogen-bond acceptors (Lipinski definition) is 4. The number of rotatable bonds is 3. The predicted octanol–water partition coefficient (Wildman–Crippen LogP) is 2.41. The van der Waals surface area contributed by atoms with Gasteiger partial charge in [-0.25, -0.2) is 14.8 Å². The van der Waals surface area contributed by atoms with Gasteiger partial charge in [-0.05, 0) is 31.1 Å². The highest BCUT2D eigenvalue weighted by molar-refractivity contribution is 5.84. The average molecular weight is 249 g/mol. The molecule has 0 bridgehead atoms. The number of carbonyl (C=O) groups is 1. The van der Waals surface area contributed by atoms with Gasteiger partial charge in [-0.3, -0.25) is 0 Å². The molecule has 0 saturated heterocycles. The average Bonchev–Trinajstić information content (AvgIpc) is 2.28. The number of nitrogens with one attached hydrogen (secondary N) is 1. The van der Waals surface area contributed by atoms with Gasteiger partial charge in [0.1, 0.15) is 5.82 Å². The topological polar surface area (TPSA) is 75.1 Å². The number of hydrogen-bond donors (Lipinski definition) is 2. The zero-order valence-corrected chi connectivity index (χ0v) is 10.8. The molecule has 98 valence electrons. The normalized spacial score (nSPS) is 27.8. The van der Waals surface area contributed by atoms with Gasteiger partial charge in [0.2, 0.25) is 0 Å². The zero-order valence-electron chi connectivity index (χ0n) is 10.8. The van der Waals surface area contributed by atoms with Crippen molar-refractivity contribution in [3.8, 4) is 0 Å². The van der Waals surface area contributed by atoms with Crippen molar-refractivity contribution < 1.29 is 9.90 Å². The summed E-state index contributed by atoms with van der Waals surface area (Å²) in [5.74, 6) is 1.05. The minimum absolute atomic E-state index is 0.0223. The van der Waals surface area contributed by atoms with Crippen LogP contribution in [0.2, 0.25) is 0 Å². The second-order valence-corrected chi connectivity index (χ2v) is 5.35. The van der Waals surface area contributed by atoms with E-state index in [1.807, 2.05) is 0 Å². The molecule has 0 radical (unpaired) electrons. The minimum atomic E-state index is -1.05. The molecule has 1 aliphatic carbocycles. The summed E-state index contributed by atoms with van der Waals surface area (Å²) in [7, 11) is 0. The van der Waals surface area contributed by atoms with E-state index in [0.29, 0.717) is 11.9 Å². The van der Waals surface area contributed by atoms with Gasteiger partial charge in [0.25, 0.3) is 0 Å². The monoisotopic (exact) mass is 249 g/mol. The van der Waals surface area contributed by atoms with Gasteiger partial charge in [-0.1, -0.05) is 13.8 Å². The van der Waals surface area contributed by atoms with Gasteiger partial charge in [0.05, 0.1) is 12.4 Å². The second-order valence-electron chi connectivity index (χ2n) is 5.35. The standard InChI is InChI=1S/C13H19N3O2/c1-8-3-9(2)5-10(4-8)16-12-7-14-11(6-15-12)13(17)18/h6-10H,3-5H2,1-2H3,(H,15,16)(H,17,18). The van der Waals surface area contributed by atoms with E-state index in [1.54, 1.807) is 0 Å². The summed E-state index contributed by atoms with van der Waals surface area (Å²) in [6.45, 7) is 4.53.